The molecule has 0 saturated carbocycles. The van der Waals surface area contributed by atoms with E-state index in [1.165, 1.54) is 17.5 Å². The number of fused-ring (bicyclic) bond motifs is 3. The third-order valence-corrected chi connectivity index (χ3v) is 5.92. The maximum Gasteiger partial charge on any atom is 0.183 e. The molecule has 4 rings (SSSR count). The van der Waals surface area contributed by atoms with E-state index in [4.69, 9.17) is 18.7 Å². The van der Waals surface area contributed by atoms with Crippen molar-refractivity contribution in [2.45, 2.75) is 24.7 Å². The van der Waals surface area contributed by atoms with Gasteiger partial charge in [-0.3, -0.25) is 0 Å². The zero-order valence-corrected chi connectivity index (χ0v) is 17.1. The monoisotopic (exact) mass is 398 g/mol. The Morgan fingerprint density at radius 3 is 2.36 bits per heavy atom. The minimum Gasteiger partial charge on any atom is -0.496 e. The van der Waals surface area contributed by atoms with Gasteiger partial charge in [0.1, 0.15) is 22.1 Å². The zero-order chi connectivity index (χ0) is 19.7. The Labute approximate surface area is 168 Å². The van der Waals surface area contributed by atoms with Crippen LogP contribution in [0.2, 0.25) is 0 Å². The highest BCUT2D eigenvalue weighted by Crippen LogP contribution is 2.44. The minimum atomic E-state index is 0.723. The molecule has 3 aromatic rings. The van der Waals surface area contributed by atoms with E-state index in [-0.39, 0.29) is 0 Å². The van der Waals surface area contributed by atoms with Crippen LogP contribution in [0.4, 0.5) is 5.82 Å². The Kier molecular flexibility index (Phi) is 5.09. The van der Waals surface area contributed by atoms with Crippen molar-refractivity contribution in [1.82, 2.24) is 5.16 Å². The fourth-order valence-corrected chi connectivity index (χ4v) is 4.45. The number of benzene rings is 2. The van der Waals surface area contributed by atoms with Crippen LogP contribution in [0.25, 0.3) is 11.3 Å². The molecule has 1 N–H and O–H groups in total. The summed E-state index contributed by atoms with van der Waals surface area (Å²) in [4.78, 5) is 0.860. The molecule has 0 radical (unpaired) electrons. The Bertz CT molecular complexity index is 994. The third kappa shape index (κ3) is 3.05. The normalized spacial score (nSPS) is 12.1. The van der Waals surface area contributed by atoms with Crippen molar-refractivity contribution in [3.8, 4) is 28.6 Å². The van der Waals surface area contributed by atoms with E-state index in [9.17, 15) is 0 Å². The first kappa shape index (κ1) is 18.6. The highest BCUT2D eigenvalue weighted by molar-refractivity contribution is 8.00. The highest BCUT2D eigenvalue weighted by atomic mass is 32.2. The number of aromatic nitrogens is 1. The Balaban J connectivity index is 1.66. The van der Waals surface area contributed by atoms with Crippen LogP contribution < -0.4 is 18.9 Å². The number of anilines is 1. The van der Waals surface area contributed by atoms with Crippen molar-refractivity contribution < 1.29 is 18.7 Å². The Morgan fingerprint density at radius 2 is 1.68 bits per heavy atom. The van der Waals surface area contributed by atoms with Gasteiger partial charge in [0.15, 0.2) is 11.6 Å². The van der Waals surface area contributed by atoms with Gasteiger partial charge in [-0.1, -0.05) is 17.3 Å². The van der Waals surface area contributed by atoms with Crippen LogP contribution in [-0.2, 0) is 12.8 Å². The molecule has 1 aromatic heterocycles. The second kappa shape index (κ2) is 7.67. The van der Waals surface area contributed by atoms with Crippen molar-refractivity contribution in [1.29, 1.82) is 0 Å². The lowest BCUT2D eigenvalue weighted by Crippen LogP contribution is -2.06. The van der Waals surface area contributed by atoms with Gasteiger partial charge in [-0.2, -0.15) is 0 Å². The van der Waals surface area contributed by atoms with Gasteiger partial charge in [0.2, 0.25) is 0 Å². The van der Waals surface area contributed by atoms with Gasteiger partial charge in [-0.15, -0.1) is 0 Å². The van der Waals surface area contributed by atoms with Crippen LogP contribution in [0.15, 0.2) is 39.8 Å². The lowest BCUT2D eigenvalue weighted by molar-refractivity contribution is 0.376. The maximum atomic E-state index is 5.75. The summed E-state index contributed by atoms with van der Waals surface area (Å²) < 4.78 is 25.5. The van der Waals surface area contributed by atoms with E-state index in [1.807, 2.05) is 24.3 Å². The fraction of sp³-hybridized carbons (Fsp3) is 0.286. The summed E-state index contributed by atoms with van der Waals surface area (Å²) >= 11 is 1.40. The van der Waals surface area contributed by atoms with Gasteiger partial charge < -0.3 is 23.5 Å². The van der Waals surface area contributed by atoms with Crippen LogP contribution in [-0.4, -0.2) is 26.5 Å². The molecule has 0 spiro atoms. The summed E-state index contributed by atoms with van der Waals surface area (Å²) in [6.45, 7) is 2.05. The summed E-state index contributed by atoms with van der Waals surface area (Å²) in [5.74, 6) is 3.86. The van der Waals surface area contributed by atoms with Crippen molar-refractivity contribution in [3.63, 3.8) is 0 Å². The predicted molar refractivity (Wildman–Crippen MR) is 110 cm³/mol. The van der Waals surface area contributed by atoms with E-state index >= 15 is 0 Å². The minimum absolute atomic E-state index is 0.723. The molecule has 7 heteroatoms. The smallest absolute Gasteiger partial charge is 0.183 e. The van der Waals surface area contributed by atoms with Crippen molar-refractivity contribution >= 4 is 17.8 Å². The number of aryl methyl sites for hydroxylation is 1. The summed E-state index contributed by atoms with van der Waals surface area (Å²) in [5.41, 5.74) is 4.49. The molecule has 2 aromatic carbocycles. The molecular weight excluding hydrogens is 376 g/mol. The molecule has 0 atom stereocenters. The third-order valence-electron chi connectivity index (χ3n) is 5.01. The van der Waals surface area contributed by atoms with E-state index in [2.05, 4.69) is 22.9 Å². The molecule has 1 aliphatic carbocycles. The first-order valence-electron chi connectivity index (χ1n) is 8.97. The van der Waals surface area contributed by atoms with Gasteiger partial charge in [-0.05, 0) is 55.5 Å². The molecule has 0 bridgehead atoms. The van der Waals surface area contributed by atoms with E-state index < -0.39 is 0 Å². The Morgan fingerprint density at radius 1 is 0.964 bits per heavy atom. The highest BCUT2D eigenvalue weighted by Gasteiger charge is 2.27. The summed E-state index contributed by atoms with van der Waals surface area (Å²) in [5, 5.41) is 4.29. The van der Waals surface area contributed by atoms with E-state index in [0.29, 0.717) is 0 Å². The van der Waals surface area contributed by atoms with Gasteiger partial charge in [0, 0.05) is 16.7 Å². The van der Waals surface area contributed by atoms with Crippen molar-refractivity contribution in [3.05, 3.63) is 47.0 Å². The van der Waals surface area contributed by atoms with Crippen LogP contribution in [0, 0.1) is 6.92 Å². The van der Waals surface area contributed by atoms with Crippen molar-refractivity contribution in [2.24, 2.45) is 0 Å². The number of hydrogen-bond donors (Lipinski definition) is 1. The number of nitrogens with zero attached hydrogens (tertiary/aromatic N) is 1. The average Bonchev–Trinajstić information content (AvgIpc) is 3.15. The quantitative estimate of drug-likeness (QED) is 0.593. The Hall–Kier alpha value is -2.80. The van der Waals surface area contributed by atoms with E-state index in [1.54, 1.807) is 21.3 Å². The molecule has 1 aliphatic rings. The molecule has 146 valence electrons. The molecule has 0 amide bonds. The average molecular weight is 398 g/mol. The number of hydrogen-bond acceptors (Lipinski definition) is 7. The number of nitrogens with one attached hydrogen (secondary N) is 1. The summed E-state index contributed by atoms with van der Waals surface area (Å²) in [6.07, 6.45) is 1.80. The van der Waals surface area contributed by atoms with Crippen LogP contribution in [0.3, 0.4) is 0 Å². The SMILES string of the molecule is COc1ccc2c(c1C)-c1onc(NSc3c(OC)cccc3OC)c1CC2. The lowest BCUT2D eigenvalue weighted by Gasteiger charge is -2.19. The molecule has 0 saturated heterocycles. The van der Waals surface area contributed by atoms with Crippen LogP contribution in [0.5, 0.6) is 17.2 Å². The largest absolute Gasteiger partial charge is 0.496 e. The second-order valence-corrected chi connectivity index (χ2v) is 7.28. The number of methoxy groups -OCH3 is 3. The molecule has 0 fully saturated rings. The first-order chi connectivity index (χ1) is 13.7. The van der Waals surface area contributed by atoms with Gasteiger partial charge in [0.25, 0.3) is 0 Å². The summed E-state index contributed by atoms with van der Waals surface area (Å²) in [6, 6.07) is 9.81. The topological polar surface area (TPSA) is 65.8 Å². The molecule has 1 heterocycles. The molecule has 28 heavy (non-hydrogen) atoms. The maximum absolute atomic E-state index is 5.75. The van der Waals surface area contributed by atoms with Crippen LogP contribution in [0.1, 0.15) is 16.7 Å². The standard InChI is InChI=1S/C21H22N2O4S/c1-12-15(24-2)11-9-13-8-10-14-19(18(12)13)27-22-21(14)23-28-20-16(25-3)6-5-7-17(20)26-4/h5-7,9,11H,8,10H2,1-4H3,(H,22,23). The molecular formula is C21H22N2O4S. The lowest BCUT2D eigenvalue weighted by atomic mass is 9.87. The van der Waals surface area contributed by atoms with Gasteiger partial charge in [-0.25, -0.2) is 0 Å². The molecule has 0 unspecified atom stereocenters. The van der Waals surface area contributed by atoms with Crippen LogP contribution >= 0.6 is 11.9 Å². The fourth-order valence-electron chi connectivity index (χ4n) is 3.59. The number of ether oxygens (including phenoxy) is 3. The predicted octanol–water partition coefficient (Wildman–Crippen LogP) is 4.89. The molecule has 0 aliphatic heterocycles. The number of rotatable bonds is 6. The first-order valence-corrected chi connectivity index (χ1v) is 9.78. The zero-order valence-electron chi connectivity index (χ0n) is 16.3. The van der Waals surface area contributed by atoms with Crippen molar-refractivity contribution in [2.75, 3.05) is 26.1 Å². The van der Waals surface area contributed by atoms with E-state index in [0.717, 1.165) is 63.3 Å². The second-order valence-electron chi connectivity index (χ2n) is 6.46. The van der Waals surface area contributed by atoms with Gasteiger partial charge in [0.05, 0.1) is 21.3 Å². The molecule has 6 nitrogen and oxygen atoms in total. The van der Waals surface area contributed by atoms with Gasteiger partial charge >= 0.3 is 0 Å². The summed E-state index contributed by atoms with van der Waals surface area (Å²) in [7, 11) is 4.97.